The number of nitrogens with zero attached hydrogens (tertiary/aromatic N) is 6. The Labute approximate surface area is 243 Å². The Morgan fingerprint density at radius 2 is 1.80 bits per heavy atom. The van der Waals surface area contributed by atoms with Gasteiger partial charge < -0.3 is 10.2 Å². The summed E-state index contributed by atoms with van der Waals surface area (Å²) in [4.78, 5) is 41.1. The number of benzene rings is 2. The zero-order valence-corrected chi connectivity index (χ0v) is 23.9. The van der Waals surface area contributed by atoms with Crippen LogP contribution in [0.1, 0.15) is 29.2 Å². The van der Waals surface area contributed by atoms with Crippen molar-refractivity contribution in [2.75, 3.05) is 18.4 Å². The Morgan fingerprint density at radius 1 is 1.10 bits per heavy atom. The summed E-state index contributed by atoms with van der Waals surface area (Å²) in [5, 5.41) is 23.7. The summed E-state index contributed by atoms with van der Waals surface area (Å²) in [5.74, 6) is -0.375. The molecular weight excluding hydrogens is 577 g/mol. The molecule has 1 N–H and O–H groups in total. The molecule has 0 spiro atoms. The molecule has 11 nitrogen and oxygen atoms in total. The molecular formula is C26H25Cl2N7O4S. The van der Waals surface area contributed by atoms with Crippen LogP contribution in [0.15, 0.2) is 48.7 Å². The number of thiophene rings is 1. The lowest BCUT2D eigenvalue weighted by molar-refractivity contribution is -0.384. The highest BCUT2D eigenvalue weighted by atomic mass is 35.5. The average molecular weight is 603 g/mol. The number of amides is 2. The fraction of sp³-hybridized carbons (Fsp3) is 0.308. The van der Waals surface area contributed by atoms with Crippen molar-refractivity contribution in [2.24, 2.45) is 0 Å². The lowest BCUT2D eigenvalue weighted by Crippen LogP contribution is -2.57. The SMILES string of the molecule is C[C@@H]1CN(C(=O)c2cc3cc([N+](=O)[O-])ccc3s2)C[C@H](C)N1Cc1cn(CC(=O)Nc2cc(Cl)cc(Cl)c2)nn1. The van der Waals surface area contributed by atoms with Crippen LogP contribution in [0.5, 0.6) is 0 Å². The molecule has 0 bridgehead atoms. The van der Waals surface area contributed by atoms with Gasteiger partial charge in [0.15, 0.2) is 0 Å². The topological polar surface area (TPSA) is 126 Å². The molecule has 2 aromatic heterocycles. The number of aromatic nitrogens is 3. The zero-order valence-electron chi connectivity index (χ0n) is 21.6. The second-order valence-corrected chi connectivity index (χ2v) is 11.7. The van der Waals surface area contributed by atoms with Crippen molar-refractivity contribution in [2.45, 2.75) is 39.0 Å². The van der Waals surface area contributed by atoms with Crippen molar-refractivity contribution in [1.82, 2.24) is 24.8 Å². The van der Waals surface area contributed by atoms with Gasteiger partial charge in [0, 0.05) is 69.7 Å². The summed E-state index contributed by atoms with van der Waals surface area (Å²) >= 11 is 13.3. The fourth-order valence-corrected chi connectivity index (χ4v) is 6.43. The lowest BCUT2D eigenvalue weighted by atomic mass is 10.1. The number of carbonyl (C=O) groups excluding carboxylic acids is 2. The Balaban J connectivity index is 1.19. The molecule has 208 valence electrons. The predicted octanol–water partition coefficient (Wildman–Crippen LogP) is 5.08. The molecule has 40 heavy (non-hydrogen) atoms. The highest BCUT2D eigenvalue weighted by Gasteiger charge is 2.33. The maximum Gasteiger partial charge on any atom is 0.270 e. The Hall–Kier alpha value is -3.58. The lowest BCUT2D eigenvalue weighted by Gasteiger charge is -2.44. The van der Waals surface area contributed by atoms with E-state index >= 15 is 0 Å². The van der Waals surface area contributed by atoms with Crippen LogP contribution in [0.25, 0.3) is 10.1 Å². The third-order valence-corrected chi connectivity index (χ3v) is 8.23. The third kappa shape index (κ3) is 6.25. The van der Waals surface area contributed by atoms with Gasteiger partial charge in [-0.1, -0.05) is 28.4 Å². The van der Waals surface area contributed by atoms with Crippen LogP contribution in [0.2, 0.25) is 10.0 Å². The quantitative estimate of drug-likeness (QED) is 0.231. The van der Waals surface area contributed by atoms with Crippen molar-refractivity contribution in [3.05, 3.63) is 79.4 Å². The Morgan fingerprint density at radius 3 is 2.48 bits per heavy atom. The standard InChI is InChI=1S/C26H25Cl2N7O4S/c1-15-10-32(26(37)24-6-17-5-22(35(38)39)3-4-23(17)40-24)11-16(2)34(15)13-21-12-33(31-30-21)14-25(36)29-20-8-18(27)7-19(28)9-20/h3-9,12,15-16H,10-11,13-14H2,1-2H3,(H,29,36)/t15-,16+. The van der Waals surface area contributed by atoms with Gasteiger partial charge in [-0.15, -0.1) is 16.4 Å². The van der Waals surface area contributed by atoms with Crippen molar-refractivity contribution >= 4 is 67.8 Å². The highest BCUT2D eigenvalue weighted by molar-refractivity contribution is 7.20. The molecule has 2 atom stereocenters. The van der Waals surface area contributed by atoms with Crippen LogP contribution >= 0.6 is 34.5 Å². The van der Waals surface area contributed by atoms with E-state index in [1.165, 1.54) is 28.2 Å². The molecule has 1 aliphatic rings. The van der Waals surface area contributed by atoms with Gasteiger partial charge in [-0.2, -0.15) is 0 Å². The van der Waals surface area contributed by atoms with Crippen LogP contribution in [0.3, 0.4) is 0 Å². The molecule has 1 aliphatic heterocycles. The number of hydrogen-bond donors (Lipinski definition) is 1. The largest absolute Gasteiger partial charge is 0.335 e. The second-order valence-electron chi connectivity index (χ2n) is 9.78. The van der Waals surface area contributed by atoms with Crippen LogP contribution in [0.4, 0.5) is 11.4 Å². The Kier molecular flexibility index (Phi) is 8.04. The second kappa shape index (κ2) is 11.5. The molecule has 0 saturated carbocycles. The van der Waals surface area contributed by atoms with E-state index in [1.54, 1.807) is 36.5 Å². The third-order valence-electron chi connectivity index (χ3n) is 6.69. The van der Waals surface area contributed by atoms with E-state index < -0.39 is 4.92 Å². The van der Waals surface area contributed by atoms with E-state index in [0.717, 1.165) is 4.70 Å². The number of carbonyl (C=O) groups is 2. The zero-order chi connectivity index (χ0) is 28.6. The molecule has 1 fully saturated rings. The van der Waals surface area contributed by atoms with Crippen molar-refractivity contribution < 1.29 is 14.5 Å². The van der Waals surface area contributed by atoms with Crippen molar-refractivity contribution in [1.29, 1.82) is 0 Å². The summed E-state index contributed by atoms with van der Waals surface area (Å²) in [7, 11) is 0. The monoisotopic (exact) mass is 601 g/mol. The molecule has 5 rings (SSSR count). The van der Waals surface area contributed by atoms with Gasteiger partial charge in [0.2, 0.25) is 5.91 Å². The van der Waals surface area contributed by atoms with E-state index in [-0.39, 0.29) is 36.1 Å². The summed E-state index contributed by atoms with van der Waals surface area (Å²) in [6.45, 7) is 5.65. The van der Waals surface area contributed by atoms with Gasteiger partial charge in [-0.05, 0) is 44.2 Å². The van der Waals surface area contributed by atoms with Gasteiger partial charge in [0.25, 0.3) is 11.6 Å². The molecule has 2 aromatic carbocycles. The summed E-state index contributed by atoms with van der Waals surface area (Å²) < 4.78 is 2.30. The van der Waals surface area contributed by atoms with E-state index in [4.69, 9.17) is 23.2 Å². The van der Waals surface area contributed by atoms with Gasteiger partial charge in [0.05, 0.1) is 21.7 Å². The smallest absolute Gasteiger partial charge is 0.270 e. The maximum atomic E-state index is 13.3. The normalized spacial score (nSPS) is 17.8. The van der Waals surface area contributed by atoms with Gasteiger partial charge in [-0.3, -0.25) is 24.6 Å². The summed E-state index contributed by atoms with van der Waals surface area (Å²) in [6, 6.07) is 11.3. The molecule has 0 unspecified atom stereocenters. The van der Waals surface area contributed by atoms with E-state index in [9.17, 15) is 19.7 Å². The van der Waals surface area contributed by atoms with Crippen molar-refractivity contribution in [3.63, 3.8) is 0 Å². The first-order chi connectivity index (χ1) is 19.0. The average Bonchev–Trinajstić information content (AvgIpc) is 3.51. The molecule has 3 heterocycles. The molecule has 1 saturated heterocycles. The maximum absolute atomic E-state index is 13.3. The number of non-ortho nitro benzene ring substituents is 1. The van der Waals surface area contributed by atoms with Crippen LogP contribution in [-0.4, -0.2) is 66.7 Å². The van der Waals surface area contributed by atoms with E-state index in [0.29, 0.717) is 51.3 Å². The number of halogens is 2. The molecule has 4 aromatic rings. The van der Waals surface area contributed by atoms with E-state index in [2.05, 4.69) is 34.4 Å². The fourth-order valence-electron chi connectivity index (χ4n) is 4.89. The molecule has 0 aliphatic carbocycles. The first-order valence-corrected chi connectivity index (χ1v) is 14.0. The van der Waals surface area contributed by atoms with Crippen LogP contribution in [-0.2, 0) is 17.9 Å². The van der Waals surface area contributed by atoms with E-state index in [1.807, 2.05) is 4.90 Å². The first-order valence-electron chi connectivity index (χ1n) is 12.4. The number of fused-ring (bicyclic) bond motifs is 1. The van der Waals surface area contributed by atoms with Crippen LogP contribution < -0.4 is 5.32 Å². The highest BCUT2D eigenvalue weighted by Crippen LogP contribution is 2.31. The van der Waals surface area contributed by atoms with Gasteiger partial charge in [-0.25, -0.2) is 4.68 Å². The first kappa shape index (κ1) is 28.0. The summed E-state index contributed by atoms with van der Waals surface area (Å²) in [6.07, 6.45) is 1.73. The summed E-state index contributed by atoms with van der Waals surface area (Å²) in [5.41, 5.74) is 1.21. The Bertz CT molecular complexity index is 1570. The minimum absolute atomic E-state index is 0.00346. The number of nitro benzene ring substituents is 1. The molecule has 0 radical (unpaired) electrons. The van der Waals surface area contributed by atoms with Crippen LogP contribution in [0, 0.1) is 10.1 Å². The molecule has 2 amide bonds. The minimum Gasteiger partial charge on any atom is -0.335 e. The number of hydrogen-bond acceptors (Lipinski definition) is 8. The predicted molar refractivity (Wildman–Crippen MR) is 154 cm³/mol. The number of nitro groups is 1. The minimum atomic E-state index is -0.439. The number of nitrogens with one attached hydrogen (secondary N) is 1. The van der Waals surface area contributed by atoms with Crippen molar-refractivity contribution in [3.8, 4) is 0 Å². The molecule has 14 heteroatoms. The van der Waals surface area contributed by atoms with Gasteiger partial charge >= 0.3 is 0 Å². The number of rotatable bonds is 7. The number of anilines is 1. The van der Waals surface area contributed by atoms with Gasteiger partial charge in [0.1, 0.15) is 6.54 Å². The number of piperazine rings is 1.